The highest BCUT2D eigenvalue weighted by Crippen LogP contribution is 2.27. The van der Waals surface area contributed by atoms with Crippen molar-refractivity contribution in [1.29, 1.82) is 0 Å². The summed E-state index contributed by atoms with van der Waals surface area (Å²) >= 11 is 5.92. The zero-order valence-electron chi connectivity index (χ0n) is 11.6. The topological polar surface area (TPSA) is 50.7 Å². The smallest absolute Gasteiger partial charge is 0.142 e. The van der Waals surface area contributed by atoms with Gasteiger partial charge in [-0.2, -0.15) is 0 Å². The van der Waals surface area contributed by atoms with E-state index in [4.69, 9.17) is 21.1 Å². The molecule has 2 N–H and O–H groups in total. The number of hydrogen-bond acceptors (Lipinski definition) is 4. The molecule has 0 aliphatic carbocycles. The van der Waals surface area contributed by atoms with Gasteiger partial charge in [-0.1, -0.05) is 25.4 Å². The van der Waals surface area contributed by atoms with Crippen LogP contribution >= 0.6 is 11.6 Å². The van der Waals surface area contributed by atoms with E-state index in [2.05, 4.69) is 19.2 Å². The Morgan fingerprint density at radius 3 is 2.68 bits per heavy atom. The lowest BCUT2D eigenvalue weighted by Crippen LogP contribution is -2.25. The van der Waals surface area contributed by atoms with Gasteiger partial charge in [0.25, 0.3) is 0 Å². The number of aliphatic hydroxyl groups is 1. The number of benzene rings is 1. The zero-order chi connectivity index (χ0) is 14.3. The van der Waals surface area contributed by atoms with Crippen LogP contribution in [0.3, 0.4) is 0 Å². The molecule has 0 saturated heterocycles. The van der Waals surface area contributed by atoms with E-state index in [1.54, 1.807) is 25.3 Å². The fraction of sp³-hybridized carbons (Fsp3) is 0.571. The molecule has 1 unspecified atom stereocenters. The van der Waals surface area contributed by atoms with Gasteiger partial charge in [-0.3, -0.25) is 0 Å². The van der Waals surface area contributed by atoms with Crippen LogP contribution in [0.2, 0.25) is 5.02 Å². The minimum Gasteiger partial charge on any atom is -0.495 e. The highest BCUT2D eigenvalue weighted by atomic mass is 35.5. The van der Waals surface area contributed by atoms with Crippen LogP contribution in [0.5, 0.6) is 5.75 Å². The van der Waals surface area contributed by atoms with E-state index in [-0.39, 0.29) is 0 Å². The molecule has 0 aliphatic rings. The van der Waals surface area contributed by atoms with Gasteiger partial charge in [0.05, 0.1) is 25.5 Å². The molecule has 0 radical (unpaired) electrons. The van der Waals surface area contributed by atoms with Crippen LogP contribution in [0.4, 0.5) is 5.69 Å². The molecule has 108 valence electrons. The summed E-state index contributed by atoms with van der Waals surface area (Å²) in [6.45, 7) is 5.49. The lowest BCUT2D eigenvalue weighted by molar-refractivity contribution is 0.0318. The van der Waals surface area contributed by atoms with Crippen LogP contribution in [-0.2, 0) is 4.74 Å². The van der Waals surface area contributed by atoms with Gasteiger partial charge in [-0.15, -0.1) is 0 Å². The average Bonchev–Trinajstić information content (AvgIpc) is 2.36. The highest BCUT2D eigenvalue weighted by Gasteiger charge is 2.08. The van der Waals surface area contributed by atoms with Crippen molar-refractivity contribution in [2.24, 2.45) is 5.92 Å². The van der Waals surface area contributed by atoms with Crippen molar-refractivity contribution in [3.05, 3.63) is 23.2 Å². The van der Waals surface area contributed by atoms with Crippen LogP contribution in [0.15, 0.2) is 18.2 Å². The van der Waals surface area contributed by atoms with Crippen LogP contribution in [0, 0.1) is 5.92 Å². The summed E-state index contributed by atoms with van der Waals surface area (Å²) in [5.74, 6) is 1.16. The van der Waals surface area contributed by atoms with Crippen LogP contribution in [0.1, 0.15) is 13.8 Å². The molecule has 0 heterocycles. The van der Waals surface area contributed by atoms with E-state index in [9.17, 15) is 5.11 Å². The molecule has 0 aliphatic heterocycles. The van der Waals surface area contributed by atoms with E-state index < -0.39 is 6.10 Å². The van der Waals surface area contributed by atoms with Gasteiger partial charge in [0.1, 0.15) is 5.75 Å². The first-order chi connectivity index (χ1) is 9.02. The van der Waals surface area contributed by atoms with Gasteiger partial charge < -0.3 is 19.9 Å². The normalized spacial score (nSPS) is 12.5. The predicted molar refractivity (Wildman–Crippen MR) is 78.2 cm³/mol. The van der Waals surface area contributed by atoms with E-state index >= 15 is 0 Å². The fourth-order valence-electron chi connectivity index (χ4n) is 1.54. The molecule has 1 aromatic rings. The maximum Gasteiger partial charge on any atom is 0.142 e. The molecular weight excluding hydrogens is 266 g/mol. The van der Waals surface area contributed by atoms with Gasteiger partial charge in [-0.05, 0) is 24.1 Å². The lowest BCUT2D eigenvalue weighted by Gasteiger charge is -2.16. The Balaban J connectivity index is 2.41. The second-order valence-electron chi connectivity index (χ2n) is 4.81. The van der Waals surface area contributed by atoms with Gasteiger partial charge in [0.2, 0.25) is 0 Å². The first kappa shape index (κ1) is 16.1. The quantitative estimate of drug-likeness (QED) is 0.772. The largest absolute Gasteiger partial charge is 0.495 e. The Kier molecular flexibility index (Phi) is 6.99. The Labute approximate surface area is 119 Å². The highest BCUT2D eigenvalue weighted by molar-refractivity contribution is 6.30. The molecule has 0 aromatic heterocycles. The Bertz CT molecular complexity index is 385. The number of rotatable bonds is 8. The summed E-state index contributed by atoms with van der Waals surface area (Å²) in [6, 6.07) is 5.31. The molecule has 1 atom stereocenters. The fourth-order valence-corrected chi connectivity index (χ4v) is 1.72. The molecule has 0 fully saturated rings. The van der Waals surface area contributed by atoms with Crippen LogP contribution in [-0.4, -0.2) is 38.1 Å². The third-order valence-corrected chi connectivity index (χ3v) is 2.69. The molecule has 0 spiro atoms. The standard InChI is InChI=1S/C14H22ClNO3/c1-10(2)8-19-9-12(17)7-16-13-6-11(15)4-5-14(13)18-3/h4-6,10,12,16-17H,7-9H2,1-3H3. The zero-order valence-corrected chi connectivity index (χ0v) is 12.4. The van der Waals surface area contributed by atoms with Gasteiger partial charge in [0, 0.05) is 18.2 Å². The third kappa shape index (κ3) is 6.14. The number of nitrogens with one attached hydrogen (secondary N) is 1. The summed E-state index contributed by atoms with van der Waals surface area (Å²) in [7, 11) is 1.59. The average molecular weight is 288 g/mol. The maximum absolute atomic E-state index is 9.79. The summed E-state index contributed by atoms with van der Waals surface area (Å²) in [6.07, 6.45) is -0.567. The molecular formula is C14H22ClNO3. The molecule has 1 rings (SSSR count). The molecule has 0 amide bonds. The molecule has 4 nitrogen and oxygen atoms in total. The van der Waals surface area contributed by atoms with Gasteiger partial charge >= 0.3 is 0 Å². The number of halogens is 1. The Morgan fingerprint density at radius 2 is 2.05 bits per heavy atom. The SMILES string of the molecule is COc1ccc(Cl)cc1NCC(O)COCC(C)C. The van der Waals surface area contributed by atoms with Crippen molar-refractivity contribution in [1.82, 2.24) is 0 Å². The second kappa shape index (κ2) is 8.25. The summed E-state index contributed by atoms with van der Waals surface area (Å²) in [5.41, 5.74) is 0.762. The number of hydrogen-bond donors (Lipinski definition) is 2. The van der Waals surface area contributed by atoms with Crippen molar-refractivity contribution >= 4 is 17.3 Å². The van der Waals surface area contributed by atoms with Crippen molar-refractivity contribution in [3.8, 4) is 5.75 Å². The number of aliphatic hydroxyl groups excluding tert-OH is 1. The first-order valence-corrected chi connectivity index (χ1v) is 6.74. The maximum atomic E-state index is 9.79. The van der Waals surface area contributed by atoms with E-state index in [0.717, 1.165) is 5.69 Å². The number of ether oxygens (including phenoxy) is 2. The third-order valence-electron chi connectivity index (χ3n) is 2.45. The van der Waals surface area contributed by atoms with E-state index in [1.807, 2.05) is 0 Å². The second-order valence-corrected chi connectivity index (χ2v) is 5.25. The molecule has 19 heavy (non-hydrogen) atoms. The molecule has 1 aromatic carbocycles. The minimum absolute atomic E-state index is 0.314. The van der Waals surface area contributed by atoms with Gasteiger partial charge in [-0.25, -0.2) is 0 Å². The number of anilines is 1. The number of methoxy groups -OCH3 is 1. The van der Waals surface area contributed by atoms with Gasteiger partial charge in [0.15, 0.2) is 0 Å². The molecule has 5 heteroatoms. The van der Waals surface area contributed by atoms with E-state index in [0.29, 0.717) is 36.4 Å². The van der Waals surface area contributed by atoms with Crippen LogP contribution < -0.4 is 10.1 Å². The predicted octanol–water partition coefficient (Wildman–Crippen LogP) is 2.79. The van der Waals surface area contributed by atoms with Crippen molar-refractivity contribution in [2.45, 2.75) is 20.0 Å². The Hall–Kier alpha value is -0.970. The summed E-state index contributed by atoms with van der Waals surface area (Å²) in [4.78, 5) is 0. The lowest BCUT2D eigenvalue weighted by atomic mass is 10.2. The first-order valence-electron chi connectivity index (χ1n) is 6.36. The molecule has 0 bridgehead atoms. The Morgan fingerprint density at radius 1 is 1.32 bits per heavy atom. The molecule has 0 saturated carbocycles. The summed E-state index contributed by atoms with van der Waals surface area (Å²) in [5, 5.41) is 13.5. The van der Waals surface area contributed by atoms with E-state index in [1.165, 1.54) is 0 Å². The van der Waals surface area contributed by atoms with Crippen molar-refractivity contribution < 1.29 is 14.6 Å². The van der Waals surface area contributed by atoms with Crippen molar-refractivity contribution in [2.75, 3.05) is 32.2 Å². The van der Waals surface area contributed by atoms with Crippen LogP contribution in [0.25, 0.3) is 0 Å². The minimum atomic E-state index is -0.567. The monoisotopic (exact) mass is 287 g/mol. The van der Waals surface area contributed by atoms with Crippen molar-refractivity contribution in [3.63, 3.8) is 0 Å². The summed E-state index contributed by atoms with van der Waals surface area (Å²) < 4.78 is 10.6.